The van der Waals surface area contributed by atoms with Crippen LogP contribution in [0, 0.1) is 0 Å². The van der Waals surface area contributed by atoms with Crippen LogP contribution in [0.2, 0.25) is 0 Å². The molecule has 0 aliphatic rings. The molecule has 0 bridgehead atoms. The van der Waals surface area contributed by atoms with E-state index in [4.69, 9.17) is 4.74 Å². The lowest BCUT2D eigenvalue weighted by molar-refractivity contribution is 0.0319. The number of carbonyl (C=O) groups excluding carboxylic acids is 2. The average Bonchev–Trinajstić information content (AvgIpc) is 3.15. The smallest absolute Gasteiger partial charge is 0.338 e. The monoisotopic (exact) mass is 334 g/mol. The molecule has 126 valence electrons. The van der Waals surface area contributed by atoms with Gasteiger partial charge >= 0.3 is 5.97 Å². The molecule has 3 aromatic rings. The summed E-state index contributed by atoms with van der Waals surface area (Å²) in [5, 5.41) is 4.14. The second-order valence-electron chi connectivity index (χ2n) is 5.68. The molecule has 25 heavy (non-hydrogen) atoms. The zero-order valence-corrected chi connectivity index (χ0v) is 13.8. The van der Waals surface area contributed by atoms with Gasteiger partial charge in [0, 0.05) is 18.0 Å². The predicted molar refractivity (Wildman–Crippen MR) is 93.4 cm³/mol. The highest BCUT2D eigenvalue weighted by Gasteiger charge is 2.20. The molecule has 1 atom stereocenters. The molecule has 1 heterocycles. The Morgan fingerprint density at radius 2 is 1.72 bits per heavy atom. The van der Waals surface area contributed by atoms with Crippen LogP contribution in [0.15, 0.2) is 73.1 Å². The lowest BCUT2D eigenvalue weighted by Gasteiger charge is -2.12. The van der Waals surface area contributed by atoms with E-state index in [1.165, 1.54) is 0 Å². The van der Waals surface area contributed by atoms with Crippen molar-refractivity contribution in [3.63, 3.8) is 0 Å². The molecule has 0 spiro atoms. The van der Waals surface area contributed by atoms with Crippen molar-refractivity contribution in [1.82, 2.24) is 9.78 Å². The Bertz CT molecular complexity index is 840. The van der Waals surface area contributed by atoms with Crippen LogP contribution in [0.5, 0.6) is 0 Å². The number of nitrogens with zero attached hydrogens (tertiary/aromatic N) is 2. The SMILES string of the molecule is C[C@@H](OC(=O)c1ccc(Cn2cccn2)cc1)C(=O)c1ccccc1. The van der Waals surface area contributed by atoms with Gasteiger partial charge in [0.25, 0.3) is 0 Å². The molecular formula is C20H18N2O3. The molecule has 0 aliphatic heterocycles. The largest absolute Gasteiger partial charge is 0.451 e. The van der Waals surface area contributed by atoms with Gasteiger partial charge in [-0.2, -0.15) is 5.10 Å². The summed E-state index contributed by atoms with van der Waals surface area (Å²) >= 11 is 0. The minimum absolute atomic E-state index is 0.218. The van der Waals surface area contributed by atoms with Crippen LogP contribution < -0.4 is 0 Å². The summed E-state index contributed by atoms with van der Waals surface area (Å²) in [6.07, 6.45) is 2.76. The summed E-state index contributed by atoms with van der Waals surface area (Å²) in [6, 6.07) is 17.7. The number of hydrogen-bond acceptors (Lipinski definition) is 4. The number of Topliss-reactive ketones (excluding diaryl/α,β-unsaturated/α-hetero) is 1. The number of aromatic nitrogens is 2. The maximum absolute atomic E-state index is 12.3. The van der Waals surface area contributed by atoms with Crippen molar-refractivity contribution < 1.29 is 14.3 Å². The normalized spacial score (nSPS) is 11.7. The van der Waals surface area contributed by atoms with Crippen molar-refractivity contribution >= 4 is 11.8 Å². The molecule has 0 radical (unpaired) electrons. The van der Waals surface area contributed by atoms with Gasteiger partial charge in [-0.25, -0.2) is 4.79 Å². The van der Waals surface area contributed by atoms with E-state index in [9.17, 15) is 9.59 Å². The lowest BCUT2D eigenvalue weighted by atomic mass is 10.1. The van der Waals surface area contributed by atoms with E-state index in [0.29, 0.717) is 17.7 Å². The summed E-state index contributed by atoms with van der Waals surface area (Å²) in [5.41, 5.74) is 1.96. The fourth-order valence-corrected chi connectivity index (χ4v) is 2.45. The Hall–Kier alpha value is -3.21. The summed E-state index contributed by atoms with van der Waals surface area (Å²) in [6.45, 7) is 2.21. The van der Waals surface area contributed by atoms with Crippen LogP contribution in [0.1, 0.15) is 33.2 Å². The third kappa shape index (κ3) is 4.20. The van der Waals surface area contributed by atoms with Crippen LogP contribution in [0.3, 0.4) is 0 Å². The van der Waals surface area contributed by atoms with E-state index in [1.54, 1.807) is 54.2 Å². The lowest BCUT2D eigenvalue weighted by Crippen LogP contribution is -2.24. The van der Waals surface area contributed by atoms with Gasteiger partial charge in [-0.15, -0.1) is 0 Å². The molecule has 0 fully saturated rings. The second kappa shape index (κ2) is 7.57. The van der Waals surface area contributed by atoms with Crippen molar-refractivity contribution in [2.75, 3.05) is 0 Å². The topological polar surface area (TPSA) is 61.2 Å². The van der Waals surface area contributed by atoms with E-state index in [0.717, 1.165) is 5.56 Å². The Kier molecular flexibility index (Phi) is 5.04. The first-order chi connectivity index (χ1) is 12.1. The maximum Gasteiger partial charge on any atom is 0.338 e. The van der Waals surface area contributed by atoms with Gasteiger partial charge in [-0.3, -0.25) is 9.48 Å². The van der Waals surface area contributed by atoms with Gasteiger partial charge in [0.1, 0.15) is 0 Å². The van der Waals surface area contributed by atoms with E-state index >= 15 is 0 Å². The summed E-state index contributed by atoms with van der Waals surface area (Å²) in [7, 11) is 0. The quantitative estimate of drug-likeness (QED) is 0.512. The van der Waals surface area contributed by atoms with Crippen LogP contribution in [-0.4, -0.2) is 27.6 Å². The van der Waals surface area contributed by atoms with E-state index in [2.05, 4.69) is 5.10 Å². The van der Waals surface area contributed by atoms with Gasteiger partial charge in [0.05, 0.1) is 12.1 Å². The number of benzene rings is 2. The van der Waals surface area contributed by atoms with Crippen LogP contribution in [-0.2, 0) is 11.3 Å². The zero-order chi connectivity index (χ0) is 17.6. The summed E-state index contributed by atoms with van der Waals surface area (Å²) in [4.78, 5) is 24.5. The summed E-state index contributed by atoms with van der Waals surface area (Å²) in [5.74, 6) is -0.730. The fourth-order valence-electron chi connectivity index (χ4n) is 2.45. The van der Waals surface area contributed by atoms with Gasteiger partial charge < -0.3 is 4.74 Å². The van der Waals surface area contributed by atoms with Crippen molar-refractivity contribution in [2.24, 2.45) is 0 Å². The number of ketones is 1. The highest BCUT2D eigenvalue weighted by molar-refractivity contribution is 6.01. The number of hydrogen-bond donors (Lipinski definition) is 0. The maximum atomic E-state index is 12.3. The molecule has 5 heteroatoms. The molecule has 2 aromatic carbocycles. The number of rotatable bonds is 6. The molecule has 0 N–H and O–H groups in total. The van der Waals surface area contributed by atoms with Crippen molar-refractivity contribution in [2.45, 2.75) is 19.6 Å². The molecule has 0 aliphatic carbocycles. The zero-order valence-electron chi connectivity index (χ0n) is 13.8. The molecule has 3 rings (SSSR count). The standard InChI is InChI=1S/C20H18N2O3/c1-15(19(23)17-6-3-2-4-7-17)25-20(24)18-10-8-16(9-11-18)14-22-13-5-12-21-22/h2-13,15H,14H2,1H3/t15-/m1/s1. The van der Waals surface area contributed by atoms with Crippen molar-refractivity contribution in [3.8, 4) is 0 Å². The molecule has 0 saturated carbocycles. The highest BCUT2D eigenvalue weighted by Crippen LogP contribution is 2.11. The molecule has 5 nitrogen and oxygen atoms in total. The first-order valence-corrected chi connectivity index (χ1v) is 8.00. The molecule has 0 amide bonds. The molecule has 1 aromatic heterocycles. The Balaban J connectivity index is 1.62. The molecular weight excluding hydrogens is 316 g/mol. The van der Waals surface area contributed by atoms with Gasteiger partial charge in [0.15, 0.2) is 6.10 Å². The minimum atomic E-state index is -0.835. The first kappa shape index (κ1) is 16.6. The Labute approximate surface area is 145 Å². The van der Waals surface area contributed by atoms with Crippen molar-refractivity contribution in [1.29, 1.82) is 0 Å². The van der Waals surface area contributed by atoms with Crippen LogP contribution in [0.25, 0.3) is 0 Å². The number of ether oxygens (including phenoxy) is 1. The Morgan fingerprint density at radius 1 is 1.00 bits per heavy atom. The third-order valence-electron chi connectivity index (χ3n) is 3.80. The first-order valence-electron chi connectivity index (χ1n) is 8.00. The van der Waals surface area contributed by atoms with Gasteiger partial charge in [-0.1, -0.05) is 42.5 Å². The molecule has 0 saturated heterocycles. The molecule has 0 unspecified atom stereocenters. The van der Waals surface area contributed by atoms with Crippen LogP contribution in [0.4, 0.5) is 0 Å². The fraction of sp³-hybridized carbons (Fsp3) is 0.150. The van der Waals surface area contributed by atoms with Gasteiger partial charge in [-0.05, 0) is 30.7 Å². The van der Waals surface area contributed by atoms with Crippen LogP contribution >= 0.6 is 0 Å². The predicted octanol–water partition coefficient (Wildman–Crippen LogP) is 3.36. The summed E-state index contributed by atoms with van der Waals surface area (Å²) < 4.78 is 7.09. The highest BCUT2D eigenvalue weighted by atomic mass is 16.5. The van der Waals surface area contributed by atoms with E-state index in [-0.39, 0.29) is 5.78 Å². The third-order valence-corrected chi connectivity index (χ3v) is 3.80. The van der Waals surface area contributed by atoms with Crippen molar-refractivity contribution in [3.05, 3.63) is 89.7 Å². The van der Waals surface area contributed by atoms with E-state index in [1.807, 2.05) is 30.5 Å². The second-order valence-corrected chi connectivity index (χ2v) is 5.68. The Morgan fingerprint density at radius 3 is 2.36 bits per heavy atom. The average molecular weight is 334 g/mol. The number of esters is 1. The van der Waals surface area contributed by atoms with Gasteiger partial charge in [0.2, 0.25) is 5.78 Å². The number of carbonyl (C=O) groups is 2. The minimum Gasteiger partial charge on any atom is -0.451 e. The van der Waals surface area contributed by atoms with E-state index < -0.39 is 12.1 Å².